The van der Waals surface area contributed by atoms with E-state index in [1.54, 1.807) is 0 Å². The van der Waals surface area contributed by atoms with Gasteiger partial charge in [0.15, 0.2) is 31.5 Å². The van der Waals surface area contributed by atoms with Gasteiger partial charge in [-0.05, 0) is 124 Å². The fourth-order valence-electron chi connectivity index (χ4n) is 19.4. The smallest absolute Gasteiger partial charge is 0.407 e. The zero-order valence-corrected chi connectivity index (χ0v) is 67.0. The Morgan fingerprint density at radius 3 is 1.65 bits per heavy atom. The molecular formula is C79H133N5O31. The van der Waals surface area contributed by atoms with Crippen LogP contribution in [0.25, 0.3) is 0 Å². The molecule has 21 N–H and O–H groups in total. The molecule has 9 aliphatic rings. The Morgan fingerprint density at radius 2 is 1.02 bits per heavy atom. The van der Waals surface area contributed by atoms with E-state index in [-0.39, 0.29) is 61.0 Å². The molecule has 1 aromatic rings. The molecule has 36 heteroatoms. The number of nitrogens with one attached hydrogen (secondary N) is 5. The van der Waals surface area contributed by atoms with Gasteiger partial charge in [0.25, 0.3) is 10.9 Å². The number of carbonyl (C=O) groups is 2. The molecule has 2 amide bonds. The van der Waals surface area contributed by atoms with Crippen LogP contribution >= 0.6 is 0 Å². The highest BCUT2D eigenvalue weighted by molar-refractivity contribution is 5.76. The van der Waals surface area contributed by atoms with Crippen molar-refractivity contribution >= 4 is 23.4 Å². The SMILES string of the molecule is CC(C)CCCC(C)[C@H]1CC[C@H]2C3CC=C4C[C@@H](OC(=O)NCCNCCCCNc5c(NCCNC(=O)CCCCCCCCO[C@@H]6O[C@H](CO[C@H]7O[C@H](CO)[C@@H](O)[C@H](OC8O[C@H](CO)[C@@H](O)[C@H](O)[C@@H]8O)[C@@H]7O)[C@@H](O)[C@H](O[C@H]7O[C@H](CO)[C@@H](O)[C@H](O)[C@@H]7O[C@H]7O[C@H](CO)[C@@H](O)[C@H](O)[C@@H]7O)[C@@H]6O)c(=O)c5=O)CC[C@]4(C)[C@H]3CC[C@]12C. The van der Waals surface area contributed by atoms with Crippen LogP contribution in [-0.4, -0.2) is 332 Å². The van der Waals surface area contributed by atoms with Crippen LogP contribution < -0.4 is 37.4 Å². The van der Waals surface area contributed by atoms with E-state index < -0.39 is 197 Å². The lowest BCUT2D eigenvalue weighted by molar-refractivity contribution is -0.391. The molecule has 115 heavy (non-hydrogen) atoms. The largest absolute Gasteiger partial charge is 0.446 e. The van der Waals surface area contributed by atoms with E-state index in [0.29, 0.717) is 82.5 Å². The van der Waals surface area contributed by atoms with E-state index in [9.17, 15) is 101 Å². The quantitative estimate of drug-likeness (QED) is 0.0184. The van der Waals surface area contributed by atoms with E-state index in [4.69, 9.17) is 52.1 Å². The third-order valence-corrected chi connectivity index (χ3v) is 26.2. The highest BCUT2D eigenvalue weighted by Crippen LogP contribution is 2.67. The van der Waals surface area contributed by atoms with E-state index in [1.165, 1.54) is 50.5 Å². The number of carbonyl (C=O) groups excluding carboxylic acids is 2. The number of aliphatic hydroxyl groups is 16. The summed E-state index contributed by atoms with van der Waals surface area (Å²) in [5.74, 6) is 4.44. The predicted molar refractivity (Wildman–Crippen MR) is 407 cm³/mol. The summed E-state index contributed by atoms with van der Waals surface area (Å²) < 4.78 is 63.8. The van der Waals surface area contributed by atoms with Crippen LogP contribution in [0.3, 0.4) is 0 Å². The molecular weight excluding hydrogens is 1510 g/mol. The number of fused-ring (bicyclic) bond motifs is 5. The van der Waals surface area contributed by atoms with Crippen molar-refractivity contribution in [2.45, 2.75) is 323 Å². The second-order valence-electron chi connectivity index (χ2n) is 34.3. The Morgan fingerprint density at radius 1 is 0.487 bits per heavy atom. The van der Waals surface area contributed by atoms with Crippen molar-refractivity contribution in [1.82, 2.24) is 16.0 Å². The summed E-state index contributed by atoms with van der Waals surface area (Å²) in [6.07, 6.45) is -25.7. The van der Waals surface area contributed by atoms with Gasteiger partial charge in [0.05, 0.1) is 33.0 Å². The Balaban J connectivity index is 0.608. The Labute approximate surface area is 670 Å². The average molecular weight is 1650 g/mol. The van der Waals surface area contributed by atoms with Gasteiger partial charge in [-0.1, -0.05) is 91.2 Å². The van der Waals surface area contributed by atoms with Gasteiger partial charge >= 0.3 is 6.09 Å². The fourth-order valence-corrected chi connectivity index (χ4v) is 19.4. The number of alkyl carbamates (subject to hydrolysis) is 1. The standard InChI is InChI=1S/C79H133N5O31/c1-39(2)15-14-16-40(3)44-20-21-45-43-19-18-41-33-42(22-24-78(41,4)46(43)23-25-79(44,45)5)107-77(104)84-29-28-80-26-11-12-27-82-53-54(61(96)60(53)95)83-31-30-81-52(89)17-10-8-6-7-9-13-32-105-72-67(102)70(114-76-71(64(99)57(92)49(36-87)111-76)115-75-66(101)63(98)56(91)48(35-86)110-75)59(94)51(112-72)38-106-73-68(103)69(58(93)50(37-88)108-73)113-74-65(100)62(97)55(90)47(34-85)109-74/h18,39-40,42-51,55-59,62-76,80,82-83,85-88,90-94,97-103H,6-17,19-38H2,1-5H3,(H,81,89)(H,84,104)/t40?,42-,43?,44+,45-,46-,47+,48+,49+,50+,51+,55+,56+,57+,58+,59+,62-,63-,64-,65-,66-,67-,68-,69-,70-,71-,72+,73-,74?,75+,76+,78-,79+/m0/s1. The van der Waals surface area contributed by atoms with Crippen molar-refractivity contribution in [2.24, 2.45) is 46.3 Å². The number of ether oxygens (including phenoxy) is 11. The molecule has 5 saturated heterocycles. The van der Waals surface area contributed by atoms with E-state index in [1.807, 2.05) is 0 Å². The highest BCUT2D eigenvalue weighted by atomic mass is 16.8. The summed E-state index contributed by atoms with van der Waals surface area (Å²) in [4.78, 5) is 50.7. The second-order valence-corrected chi connectivity index (χ2v) is 34.3. The first-order chi connectivity index (χ1) is 55.0. The molecule has 8 fully saturated rings. The minimum atomic E-state index is -2.07. The maximum atomic E-state index is 13.0. The topological polar surface area (TPSA) is 554 Å². The molecule has 0 radical (unpaired) electrons. The summed E-state index contributed by atoms with van der Waals surface area (Å²) in [5, 5.41) is 187. The molecule has 5 aliphatic heterocycles. The van der Waals surface area contributed by atoms with Gasteiger partial charge in [0.1, 0.15) is 140 Å². The number of aliphatic hydroxyl groups excluding tert-OH is 16. The molecule has 3 unspecified atom stereocenters. The number of anilines is 2. The average Bonchev–Trinajstić information content (AvgIpc) is 1.65. The van der Waals surface area contributed by atoms with E-state index in [2.05, 4.69) is 67.3 Å². The molecule has 0 bridgehead atoms. The number of allylic oxidation sites excluding steroid dienone is 1. The minimum Gasteiger partial charge on any atom is -0.446 e. The van der Waals surface area contributed by atoms with E-state index in [0.717, 1.165) is 61.7 Å². The first-order valence-electron chi connectivity index (χ1n) is 42.0. The van der Waals surface area contributed by atoms with Gasteiger partial charge in [-0.15, -0.1) is 0 Å². The minimum absolute atomic E-state index is 0.0853. The Hall–Kier alpha value is -3.92. The van der Waals surface area contributed by atoms with Crippen LogP contribution in [0.2, 0.25) is 0 Å². The lowest BCUT2D eigenvalue weighted by Crippen LogP contribution is -2.67. The number of rotatable bonds is 42. The van der Waals surface area contributed by atoms with Gasteiger partial charge in [-0.25, -0.2) is 4.79 Å². The van der Waals surface area contributed by atoms with Crippen LogP contribution in [0.15, 0.2) is 21.2 Å². The van der Waals surface area contributed by atoms with Gasteiger partial charge in [0, 0.05) is 52.2 Å². The number of hydrogen-bond donors (Lipinski definition) is 21. The summed E-state index contributed by atoms with van der Waals surface area (Å²) in [5.41, 5.74) is 1.27. The number of hydrogen-bond acceptors (Lipinski definition) is 34. The maximum absolute atomic E-state index is 13.0. The van der Waals surface area contributed by atoms with Crippen LogP contribution in [0.5, 0.6) is 0 Å². The molecule has 33 atom stereocenters. The zero-order valence-electron chi connectivity index (χ0n) is 67.0. The van der Waals surface area contributed by atoms with Crippen molar-refractivity contribution in [3.05, 3.63) is 32.1 Å². The molecule has 3 saturated carbocycles. The first-order valence-corrected chi connectivity index (χ1v) is 42.0. The summed E-state index contributed by atoms with van der Waals surface area (Å²) in [6.45, 7) is 10.4. The molecule has 36 nitrogen and oxygen atoms in total. The maximum Gasteiger partial charge on any atom is 0.407 e. The van der Waals surface area contributed by atoms with Gasteiger partial charge in [0.2, 0.25) is 5.91 Å². The van der Waals surface area contributed by atoms with Crippen molar-refractivity contribution in [2.75, 3.05) is 89.5 Å². The molecule has 5 heterocycles. The van der Waals surface area contributed by atoms with Gasteiger partial charge < -0.3 is 160 Å². The van der Waals surface area contributed by atoms with E-state index >= 15 is 0 Å². The first kappa shape index (κ1) is 93.3. The van der Waals surface area contributed by atoms with Gasteiger partial charge in [-0.3, -0.25) is 14.4 Å². The van der Waals surface area contributed by atoms with Gasteiger partial charge in [-0.2, -0.15) is 0 Å². The number of amides is 2. The number of unbranched alkanes of at least 4 members (excludes halogenated alkanes) is 6. The summed E-state index contributed by atoms with van der Waals surface area (Å²) in [7, 11) is 0. The predicted octanol–water partition coefficient (Wildman–Crippen LogP) is -2.43. The molecule has 0 aromatic heterocycles. The Kier molecular flexibility index (Phi) is 35.1. The monoisotopic (exact) mass is 1650 g/mol. The molecule has 0 spiro atoms. The highest BCUT2D eigenvalue weighted by Gasteiger charge is 2.61. The van der Waals surface area contributed by atoms with Crippen LogP contribution in [0, 0.1) is 46.3 Å². The summed E-state index contributed by atoms with van der Waals surface area (Å²) in [6, 6.07) is 0. The van der Waals surface area contributed by atoms with Crippen LogP contribution in [0.4, 0.5) is 16.2 Å². The second kappa shape index (κ2) is 43.2. The lowest BCUT2D eigenvalue weighted by atomic mass is 9.47. The zero-order chi connectivity index (χ0) is 83.2. The molecule has 10 rings (SSSR count). The van der Waals surface area contributed by atoms with Crippen LogP contribution in [0.1, 0.15) is 163 Å². The van der Waals surface area contributed by atoms with Crippen LogP contribution in [-0.2, 0) is 56.9 Å². The third kappa shape index (κ3) is 22.3. The summed E-state index contributed by atoms with van der Waals surface area (Å²) >= 11 is 0. The molecule has 4 aliphatic carbocycles. The third-order valence-electron chi connectivity index (χ3n) is 26.2. The Bertz CT molecular complexity index is 3250. The lowest BCUT2D eigenvalue weighted by Gasteiger charge is -2.58. The van der Waals surface area contributed by atoms with Crippen molar-refractivity contribution in [1.29, 1.82) is 0 Å². The normalized spacial score (nSPS) is 40.4. The molecule has 660 valence electrons. The fraction of sp³-hybridized carbons (Fsp3) is 0.899. The van der Waals surface area contributed by atoms with Crippen molar-refractivity contribution in [3.8, 4) is 0 Å². The van der Waals surface area contributed by atoms with Crippen molar-refractivity contribution < 1.29 is 143 Å². The molecule has 1 aromatic carbocycles. The van der Waals surface area contributed by atoms with Crippen molar-refractivity contribution in [3.63, 3.8) is 0 Å².